The van der Waals surface area contributed by atoms with Crippen molar-refractivity contribution in [1.82, 2.24) is 19.9 Å². The molecule has 4 rings (SSSR count). The van der Waals surface area contributed by atoms with Gasteiger partial charge in [-0.05, 0) is 39.3 Å². The van der Waals surface area contributed by atoms with Crippen molar-refractivity contribution in [3.63, 3.8) is 0 Å². The molecule has 0 aromatic carbocycles. The van der Waals surface area contributed by atoms with E-state index in [1.165, 1.54) is 0 Å². The molecule has 134 valence electrons. The fraction of sp³-hybridized carbons (Fsp3) is 0.611. The molecule has 0 aliphatic carbocycles. The highest BCUT2D eigenvalue weighted by Gasteiger charge is 2.46. The highest BCUT2D eigenvalue weighted by Crippen LogP contribution is 2.42. The topological polar surface area (TPSA) is 74.3 Å². The molecular formula is C18H25N5O2. The lowest BCUT2D eigenvalue weighted by atomic mass is 9.86. The summed E-state index contributed by atoms with van der Waals surface area (Å²) in [5, 5.41) is 1.08. The Bertz CT molecular complexity index is 776. The Kier molecular flexibility index (Phi) is 4.11. The van der Waals surface area contributed by atoms with Crippen molar-refractivity contribution >= 4 is 22.8 Å². The van der Waals surface area contributed by atoms with Gasteiger partial charge < -0.3 is 14.6 Å². The molecule has 2 aromatic heterocycles. The molecule has 25 heavy (non-hydrogen) atoms. The molecule has 2 aliphatic heterocycles. The second-order valence-corrected chi connectivity index (χ2v) is 7.26. The summed E-state index contributed by atoms with van der Waals surface area (Å²) in [5.41, 5.74) is 1.13. The van der Waals surface area contributed by atoms with Gasteiger partial charge >= 0.3 is 5.97 Å². The summed E-state index contributed by atoms with van der Waals surface area (Å²) in [6.07, 6.45) is 5.79. The average Bonchev–Trinajstić information content (AvgIpc) is 3.34. The molecule has 7 heteroatoms. The third kappa shape index (κ3) is 2.86. The van der Waals surface area contributed by atoms with Crippen LogP contribution >= 0.6 is 0 Å². The van der Waals surface area contributed by atoms with Crippen LogP contribution in [0, 0.1) is 5.41 Å². The van der Waals surface area contributed by atoms with Crippen LogP contribution in [0.2, 0.25) is 0 Å². The summed E-state index contributed by atoms with van der Waals surface area (Å²) in [6, 6.07) is 1.88. The van der Waals surface area contributed by atoms with Crippen molar-refractivity contribution in [2.24, 2.45) is 5.41 Å². The number of ether oxygens (including phenoxy) is 1. The molecule has 2 atom stereocenters. The van der Waals surface area contributed by atoms with E-state index in [-0.39, 0.29) is 17.4 Å². The number of carbonyl (C=O) groups excluding carboxylic acids is 1. The van der Waals surface area contributed by atoms with Crippen LogP contribution < -0.4 is 4.90 Å². The quantitative estimate of drug-likeness (QED) is 0.854. The van der Waals surface area contributed by atoms with Gasteiger partial charge in [-0.25, -0.2) is 9.97 Å². The fourth-order valence-corrected chi connectivity index (χ4v) is 4.27. The highest BCUT2D eigenvalue weighted by atomic mass is 16.5. The summed E-state index contributed by atoms with van der Waals surface area (Å²) >= 11 is 0. The van der Waals surface area contributed by atoms with Gasteiger partial charge in [0.1, 0.15) is 23.8 Å². The second kappa shape index (κ2) is 6.29. The molecule has 0 amide bonds. The van der Waals surface area contributed by atoms with E-state index in [0.29, 0.717) is 6.61 Å². The Morgan fingerprint density at radius 1 is 1.36 bits per heavy atom. The predicted octanol–water partition coefficient (Wildman–Crippen LogP) is 1.81. The van der Waals surface area contributed by atoms with Crippen molar-refractivity contribution < 1.29 is 9.53 Å². The van der Waals surface area contributed by atoms with Crippen LogP contribution in [-0.4, -0.2) is 64.6 Å². The number of hydrogen-bond donors (Lipinski definition) is 1. The summed E-state index contributed by atoms with van der Waals surface area (Å²) < 4.78 is 5.19. The molecule has 4 heterocycles. The van der Waals surface area contributed by atoms with Gasteiger partial charge in [0.15, 0.2) is 0 Å². The number of nitrogens with zero attached hydrogens (tertiary/aromatic N) is 4. The molecule has 2 fully saturated rings. The number of carbonyl (C=O) groups is 1. The van der Waals surface area contributed by atoms with E-state index in [9.17, 15) is 4.79 Å². The van der Waals surface area contributed by atoms with E-state index >= 15 is 0 Å². The Hall–Kier alpha value is -2.15. The minimum Gasteiger partial charge on any atom is -0.465 e. The highest BCUT2D eigenvalue weighted by molar-refractivity contribution is 5.87. The Morgan fingerprint density at radius 3 is 3.04 bits per heavy atom. The van der Waals surface area contributed by atoms with E-state index in [4.69, 9.17) is 4.74 Å². The van der Waals surface area contributed by atoms with Gasteiger partial charge in [0.05, 0.1) is 12.0 Å². The maximum atomic E-state index is 12.0. The number of anilines is 1. The average molecular weight is 343 g/mol. The van der Waals surface area contributed by atoms with Crippen LogP contribution in [0.5, 0.6) is 0 Å². The van der Waals surface area contributed by atoms with Crippen molar-refractivity contribution in [2.45, 2.75) is 32.7 Å². The van der Waals surface area contributed by atoms with Crippen molar-refractivity contribution in [1.29, 1.82) is 0 Å². The monoisotopic (exact) mass is 343 g/mol. The smallest absolute Gasteiger partial charge is 0.323 e. The first-order valence-corrected chi connectivity index (χ1v) is 9.06. The number of rotatable bonds is 4. The lowest BCUT2D eigenvalue weighted by molar-refractivity contribution is -0.148. The van der Waals surface area contributed by atoms with Crippen molar-refractivity contribution in [2.75, 3.05) is 37.7 Å². The second-order valence-electron chi connectivity index (χ2n) is 7.26. The Balaban J connectivity index is 1.47. The molecule has 0 saturated carbocycles. The SMILES string of the molecule is CCOC(=O)C(C)N1CCC2(CCN(c3ncnc4[nH]ccc34)C2)C1. The number of esters is 1. The predicted molar refractivity (Wildman–Crippen MR) is 95.4 cm³/mol. The van der Waals surface area contributed by atoms with Crippen LogP contribution in [0.1, 0.15) is 26.7 Å². The van der Waals surface area contributed by atoms with Gasteiger partial charge in [-0.2, -0.15) is 0 Å². The molecule has 7 nitrogen and oxygen atoms in total. The van der Waals surface area contributed by atoms with Crippen LogP contribution in [-0.2, 0) is 9.53 Å². The number of likely N-dealkylation sites (tertiary alicyclic amines) is 1. The number of aromatic amines is 1. The molecule has 0 bridgehead atoms. The van der Waals surface area contributed by atoms with Crippen molar-refractivity contribution in [3.8, 4) is 0 Å². The molecule has 2 aromatic rings. The number of hydrogen-bond acceptors (Lipinski definition) is 6. The Morgan fingerprint density at radius 2 is 2.20 bits per heavy atom. The van der Waals surface area contributed by atoms with Gasteiger partial charge in [0.25, 0.3) is 0 Å². The third-order valence-corrected chi connectivity index (χ3v) is 5.71. The van der Waals surface area contributed by atoms with Gasteiger partial charge in [0, 0.05) is 31.2 Å². The van der Waals surface area contributed by atoms with E-state index in [0.717, 1.165) is 55.9 Å². The summed E-state index contributed by atoms with van der Waals surface area (Å²) in [6.45, 7) is 8.14. The number of H-pyrrole nitrogens is 1. The maximum Gasteiger partial charge on any atom is 0.323 e. The van der Waals surface area contributed by atoms with Crippen molar-refractivity contribution in [3.05, 3.63) is 18.6 Å². The number of fused-ring (bicyclic) bond motifs is 1. The van der Waals surface area contributed by atoms with E-state index in [1.807, 2.05) is 26.1 Å². The van der Waals surface area contributed by atoms with Gasteiger partial charge in [-0.3, -0.25) is 9.69 Å². The zero-order chi connectivity index (χ0) is 17.4. The minimum atomic E-state index is -0.163. The third-order valence-electron chi connectivity index (χ3n) is 5.71. The number of nitrogens with one attached hydrogen (secondary N) is 1. The summed E-state index contributed by atoms with van der Waals surface area (Å²) in [7, 11) is 0. The van der Waals surface area contributed by atoms with Gasteiger partial charge in [0.2, 0.25) is 0 Å². The number of aromatic nitrogens is 3. The molecule has 2 aliphatic rings. The fourth-order valence-electron chi connectivity index (χ4n) is 4.27. The summed E-state index contributed by atoms with van der Waals surface area (Å²) in [4.78, 5) is 28.6. The molecule has 1 spiro atoms. The van der Waals surface area contributed by atoms with Gasteiger partial charge in [-0.1, -0.05) is 0 Å². The molecule has 1 N–H and O–H groups in total. The van der Waals surface area contributed by atoms with E-state index in [1.54, 1.807) is 6.33 Å². The van der Waals surface area contributed by atoms with Crippen LogP contribution in [0.15, 0.2) is 18.6 Å². The lowest BCUT2D eigenvalue weighted by Crippen LogP contribution is -2.40. The minimum absolute atomic E-state index is 0.112. The molecule has 2 saturated heterocycles. The largest absolute Gasteiger partial charge is 0.465 e. The molecule has 2 unspecified atom stereocenters. The maximum absolute atomic E-state index is 12.0. The zero-order valence-corrected chi connectivity index (χ0v) is 14.9. The van der Waals surface area contributed by atoms with Crippen LogP contribution in [0.4, 0.5) is 5.82 Å². The molecular weight excluding hydrogens is 318 g/mol. The standard InChI is InChI=1S/C18H25N5O2/c1-3-25-17(24)13(2)22-8-5-18(10-22)6-9-23(11-18)16-14-4-7-19-15(14)20-12-21-16/h4,7,12-13H,3,5-6,8-11H2,1-2H3,(H,19,20,21). The van der Waals surface area contributed by atoms with Crippen LogP contribution in [0.3, 0.4) is 0 Å². The normalized spacial score (nSPS) is 25.1. The summed E-state index contributed by atoms with van der Waals surface area (Å²) in [5.74, 6) is 0.902. The molecule has 0 radical (unpaired) electrons. The van der Waals surface area contributed by atoms with E-state index in [2.05, 4.69) is 24.8 Å². The zero-order valence-electron chi connectivity index (χ0n) is 14.9. The first kappa shape index (κ1) is 16.3. The van der Waals surface area contributed by atoms with E-state index < -0.39 is 0 Å². The first-order valence-electron chi connectivity index (χ1n) is 9.06. The van der Waals surface area contributed by atoms with Gasteiger partial charge in [-0.15, -0.1) is 0 Å². The lowest BCUT2D eigenvalue weighted by Gasteiger charge is -2.27. The Labute approximate surface area is 147 Å². The van der Waals surface area contributed by atoms with Crippen LogP contribution in [0.25, 0.3) is 11.0 Å². The first-order chi connectivity index (χ1) is 12.1.